The third-order valence-corrected chi connectivity index (χ3v) is 4.42. The van der Waals surface area contributed by atoms with Crippen molar-refractivity contribution in [1.82, 2.24) is 0 Å². The van der Waals surface area contributed by atoms with Crippen LogP contribution in [0.4, 0.5) is 4.39 Å². The first-order chi connectivity index (χ1) is 9.15. The van der Waals surface area contributed by atoms with E-state index in [-0.39, 0.29) is 17.3 Å². The number of ether oxygens (including phenoxy) is 1. The molecule has 1 saturated carbocycles. The van der Waals surface area contributed by atoms with Crippen LogP contribution in [-0.2, 0) is 4.74 Å². The number of benzene rings is 1. The van der Waals surface area contributed by atoms with Crippen LogP contribution in [0.15, 0.2) is 22.7 Å². The highest BCUT2D eigenvalue weighted by atomic mass is 79.9. The van der Waals surface area contributed by atoms with Crippen molar-refractivity contribution in [2.24, 2.45) is 5.92 Å². The fraction of sp³-hybridized carbons (Fsp3) is 0.533. The van der Waals surface area contributed by atoms with E-state index in [1.165, 1.54) is 19.6 Å². The van der Waals surface area contributed by atoms with Gasteiger partial charge in [0.25, 0.3) is 0 Å². The first-order valence-electron chi connectivity index (χ1n) is 6.66. The zero-order valence-corrected chi connectivity index (χ0v) is 12.6. The molecule has 2 nitrogen and oxygen atoms in total. The highest BCUT2D eigenvalue weighted by Crippen LogP contribution is 2.30. The summed E-state index contributed by atoms with van der Waals surface area (Å²) in [6.07, 6.45) is 4.91. The second kappa shape index (κ2) is 6.62. The van der Waals surface area contributed by atoms with Crippen molar-refractivity contribution in [2.45, 2.75) is 38.2 Å². The first-order valence-corrected chi connectivity index (χ1v) is 7.45. The summed E-state index contributed by atoms with van der Waals surface area (Å²) in [5.74, 6) is -0.525. The van der Waals surface area contributed by atoms with E-state index in [0.29, 0.717) is 4.47 Å². The lowest BCUT2D eigenvalue weighted by molar-refractivity contribution is 0.0311. The molecule has 0 heterocycles. The Morgan fingerprint density at radius 2 is 2.05 bits per heavy atom. The van der Waals surface area contributed by atoms with Gasteiger partial charge in [-0.2, -0.15) is 0 Å². The average Bonchev–Trinajstić information content (AvgIpc) is 2.44. The zero-order chi connectivity index (χ0) is 13.8. The summed E-state index contributed by atoms with van der Waals surface area (Å²) in [7, 11) is 1.53. The summed E-state index contributed by atoms with van der Waals surface area (Å²) in [5.41, 5.74) is 0.117. The molecule has 2 rings (SSSR count). The van der Waals surface area contributed by atoms with Gasteiger partial charge >= 0.3 is 0 Å². The number of rotatable bonds is 4. The predicted octanol–water partition coefficient (Wildman–Crippen LogP) is 4.37. The van der Waals surface area contributed by atoms with Crippen LogP contribution in [-0.4, -0.2) is 19.0 Å². The number of Topliss-reactive ketones (excluding diaryl/α,β-unsaturated/α-hetero) is 1. The normalized spacial score (nSPS) is 18.3. The molecule has 1 atom stereocenters. The maximum absolute atomic E-state index is 14.0. The summed E-state index contributed by atoms with van der Waals surface area (Å²) in [5, 5.41) is 0. The molecule has 0 aliphatic heterocycles. The Labute approximate surface area is 121 Å². The second-order valence-electron chi connectivity index (χ2n) is 5.02. The Morgan fingerprint density at radius 3 is 2.68 bits per heavy atom. The van der Waals surface area contributed by atoms with Gasteiger partial charge in [-0.1, -0.05) is 25.3 Å². The largest absolute Gasteiger partial charge is 0.373 e. The van der Waals surface area contributed by atoms with Crippen LogP contribution >= 0.6 is 15.9 Å². The molecule has 19 heavy (non-hydrogen) atoms. The Balaban J connectivity index is 2.22. The van der Waals surface area contributed by atoms with Gasteiger partial charge in [-0.15, -0.1) is 0 Å². The maximum Gasteiger partial charge on any atom is 0.194 e. The lowest BCUT2D eigenvalue weighted by Gasteiger charge is -2.28. The fourth-order valence-electron chi connectivity index (χ4n) is 2.80. The monoisotopic (exact) mass is 328 g/mol. The van der Waals surface area contributed by atoms with Crippen LogP contribution in [0, 0.1) is 11.7 Å². The summed E-state index contributed by atoms with van der Waals surface area (Å²) in [6.45, 7) is 0. The third-order valence-electron chi connectivity index (χ3n) is 3.81. The number of halogens is 2. The Bertz CT molecular complexity index is 455. The van der Waals surface area contributed by atoms with E-state index >= 15 is 0 Å². The lowest BCUT2D eigenvalue weighted by atomic mass is 9.82. The van der Waals surface area contributed by atoms with Crippen molar-refractivity contribution in [1.29, 1.82) is 0 Å². The van der Waals surface area contributed by atoms with Gasteiger partial charge in [0, 0.05) is 7.11 Å². The maximum atomic E-state index is 14.0. The molecular formula is C15H18BrFO2. The molecule has 1 unspecified atom stereocenters. The molecule has 104 valence electrons. The van der Waals surface area contributed by atoms with Gasteiger partial charge in [0.05, 0.1) is 10.0 Å². The highest BCUT2D eigenvalue weighted by molar-refractivity contribution is 9.10. The number of methoxy groups -OCH3 is 1. The van der Waals surface area contributed by atoms with Crippen molar-refractivity contribution in [2.75, 3.05) is 7.11 Å². The number of hydrogen-bond acceptors (Lipinski definition) is 2. The molecule has 4 heteroatoms. The Hall–Kier alpha value is -0.740. The number of carbonyl (C=O) groups excluding carboxylic acids is 1. The Kier molecular flexibility index (Phi) is 5.11. The summed E-state index contributed by atoms with van der Waals surface area (Å²) < 4.78 is 19.7. The quantitative estimate of drug-likeness (QED) is 0.767. The van der Waals surface area contributed by atoms with Crippen LogP contribution in [0.2, 0.25) is 0 Å². The van der Waals surface area contributed by atoms with Crippen molar-refractivity contribution < 1.29 is 13.9 Å². The molecule has 1 fully saturated rings. The number of hydrogen-bond donors (Lipinski definition) is 0. The lowest BCUT2D eigenvalue weighted by Crippen LogP contribution is -2.33. The molecule has 1 aromatic rings. The van der Waals surface area contributed by atoms with Gasteiger partial charge in [-0.25, -0.2) is 4.39 Å². The molecule has 0 N–H and O–H groups in total. The minimum absolute atomic E-state index is 0.117. The first kappa shape index (κ1) is 14.7. The van der Waals surface area contributed by atoms with E-state index in [1.54, 1.807) is 12.1 Å². The van der Waals surface area contributed by atoms with E-state index in [2.05, 4.69) is 15.9 Å². The van der Waals surface area contributed by atoms with Gasteiger partial charge < -0.3 is 4.74 Å². The van der Waals surface area contributed by atoms with Crippen LogP contribution in [0.25, 0.3) is 0 Å². The topological polar surface area (TPSA) is 26.3 Å². The van der Waals surface area contributed by atoms with Gasteiger partial charge in [0.1, 0.15) is 11.9 Å². The molecule has 0 spiro atoms. The van der Waals surface area contributed by atoms with Gasteiger partial charge in [0.2, 0.25) is 0 Å². The van der Waals surface area contributed by atoms with Crippen molar-refractivity contribution in [3.8, 4) is 0 Å². The van der Waals surface area contributed by atoms with Crippen molar-refractivity contribution in [3.63, 3.8) is 0 Å². The van der Waals surface area contributed by atoms with Crippen LogP contribution in [0.1, 0.15) is 42.5 Å². The fourth-order valence-corrected chi connectivity index (χ4v) is 3.16. The van der Waals surface area contributed by atoms with Gasteiger partial charge in [0.15, 0.2) is 5.78 Å². The molecule has 1 aromatic carbocycles. The molecule has 0 bridgehead atoms. The van der Waals surface area contributed by atoms with Crippen molar-refractivity contribution >= 4 is 21.7 Å². The molecule has 1 aliphatic rings. The zero-order valence-electron chi connectivity index (χ0n) is 11.0. The molecule has 1 aliphatic carbocycles. The second-order valence-corrected chi connectivity index (χ2v) is 5.87. The SMILES string of the molecule is COC(C(=O)c1cccc(Br)c1F)C1CCCCC1. The van der Waals surface area contributed by atoms with Gasteiger partial charge in [-0.05, 0) is 46.8 Å². The third kappa shape index (κ3) is 3.23. The number of ketones is 1. The summed E-state index contributed by atoms with van der Waals surface area (Å²) in [4.78, 5) is 12.5. The van der Waals surface area contributed by atoms with Crippen LogP contribution in [0.5, 0.6) is 0 Å². The molecule has 0 radical (unpaired) electrons. The molecule has 0 amide bonds. The summed E-state index contributed by atoms with van der Waals surface area (Å²) in [6, 6.07) is 4.79. The minimum atomic E-state index is -0.524. The molecular weight excluding hydrogens is 311 g/mol. The van der Waals surface area contributed by atoms with Crippen LogP contribution in [0.3, 0.4) is 0 Å². The minimum Gasteiger partial charge on any atom is -0.373 e. The molecule has 0 aromatic heterocycles. The van der Waals surface area contributed by atoms with Crippen LogP contribution < -0.4 is 0 Å². The van der Waals surface area contributed by atoms with E-state index in [1.807, 2.05) is 0 Å². The van der Waals surface area contributed by atoms with E-state index < -0.39 is 11.9 Å². The van der Waals surface area contributed by atoms with E-state index in [0.717, 1.165) is 25.7 Å². The van der Waals surface area contributed by atoms with Gasteiger partial charge in [-0.3, -0.25) is 4.79 Å². The van der Waals surface area contributed by atoms with E-state index in [9.17, 15) is 9.18 Å². The van der Waals surface area contributed by atoms with E-state index in [4.69, 9.17) is 4.74 Å². The predicted molar refractivity (Wildman–Crippen MR) is 75.8 cm³/mol. The van der Waals surface area contributed by atoms with Crippen molar-refractivity contribution in [3.05, 3.63) is 34.1 Å². The standard InChI is InChI=1S/C15H18BrFO2/c1-19-15(10-6-3-2-4-7-10)14(18)11-8-5-9-12(16)13(11)17/h5,8-10,15H,2-4,6-7H2,1H3. The average molecular weight is 329 g/mol. The number of carbonyl (C=O) groups is 1. The smallest absolute Gasteiger partial charge is 0.194 e. The Morgan fingerprint density at radius 1 is 1.37 bits per heavy atom. The molecule has 0 saturated heterocycles. The highest BCUT2D eigenvalue weighted by Gasteiger charge is 2.31. The summed E-state index contributed by atoms with van der Waals surface area (Å²) >= 11 is 3.11.